The molecular weight excluding hydrogens is 165 g/mol. The summed E-state index contributed by atoms with van der Waals surface area (Å²) >= 11 is 0. The first-order chi connectivity index (χ1) is 6.38. The van der Waals surface area contributed by atoms with Crippen LogP contribution in [0, 0.1) is 0 Å². The van der Waals surface area contributed by atoms with Gasteiger partial charge in [-0.25, -0.2) is 0 Å². The highest BCUT2D eigenvalue weighted by atomic mass is 16.6. The lowest BCUT2D eigenvalue weighted by atomic mass is 10.1. The smallest absolute Gasteiger partial charge is 0.516 e. The van der Waals surface area contributed by atoms with E-state index in [4.69, 9.17) is 4.65 Å². The Morgan fingerprint density at radius 1 is 1.31 bits per heavy atom. The Labute approximate surface area is 76.7 Å². The van der Waals surface area contributed by atoms with Crippen molar-refractivity contribution in [2.75, 3.05) is 0 Å². The van der Waals surface area contributed by atoms with Crippen molar-refractivity contribution in [1.29, 1.82) is 0 Å². The largest absolute Gasteiger partial charge is 0.579 e. The minimum Gasteiger partial charge on any atom is -0.579 e. The summed E-state index contributed by atoms with van der Waals surface area (Å²) in [5.41, 5.74) is 1.31. The number of allylic oxidation sites excluding steroid dienone is 1. The molecule has 1 aliphatic heterocycles. The molecule has 13 heavy (non-hydrogen) atoms. The van der Waals surface area contributed by atoms with Crippen LogP contribution in [0.15, 0.2) is 41.2 Å². The molecule has 0 aromatic heterocycles. The molecule has 0 unspecified atom stereocenters. The van der Waals surface area contributed by atoms with Crippen molar-refractivity contribution in [3.63, 3.8) is 0 Å². The number of aliphatic hydroxyl groups is 1. The molecular formula is C9H6BNO2-. The number of nitrogens with zero attached hydrogens (tertiary/aromatic N) is 1. The van der Waals surface area contributed by atoms with Gasteiger partial charge in [-0.2, -0.15) is 0 Å². The Kier molecular flexibility index (Phi) is 2.04. The van der Waals surface area contributed by atoms with Crippen molar-refractivity contribution in [2.24, 2.45) is 4.90 Å². The fourth-order valence-corrected chi connectivity index (χ4v) is 1.07. The van der Waals surface area contributed by atoms with Crippen LogP contribution in [-0.4, -0.2) is 18.9 Å². The third-order valence-electron chi connectivity index (χ3n) is 1.67. The Hall–Kier alpha value is -1.71. The summed E-state index contributed by atoms with van der Waals surface area (Å²) in [4.78, 5) is 3.67. The first kappa shape index (κ1) is 7.92. The lowest BCUT2D eigenvalue weighted by molar-refractivity contribution is 0.219. The van der Waals surface area contributed by atoms with E-state index in [-0.39, 0.29) is 5.95 Å². The summed E-state index contributed by atoms with van der Waals surface area (Å²) in [5, 5.41) is 9.33. The van der Waals surface area contributed by atoms with Crippen LogP contribution in [0.2, 0.25) is 0 Å². The Bertz CT molecular complexity index is 359. The van der Waals surface area contributed by atoms with E-state index >= 15 is 0 Å². The molecule has 0 saturated carbocycles. The average molecular weight is 171 g/mol. The molecule has 1 radical (unpaired) electrons. The highest BCUT2D eigenvalue weighted by molar-refractivity contribution is 6.33. The van der Waals surface area contributed by atoms with Gasteiger partial charge in [0.15, 0.2) is 5.95 Å². The van der Waals surface area contributed by atoms with E-state index in [1.807, 2.05) is 30.3 Å². The predicted molar refractivity (Wildman–Crippen MR) is 50.3 cm³/mol. The second kappa shape index (κ2) is 3.35. The van der Waals surface area contributed by atoms with E-state index in [0.29, 0.717) is 5.57 Å². The van der Waals surface area contributed by atoms with Gasteiger partial charge in [-0.1, -0.05) is 30.0 Å². The molecule has 1 aliphatic rings. The zero-order valence-corrected chi connectivity index (χ0v) is 6.77. The Balaban J connectivity index is 2.41. The number of rotatable bonds is 1. The second-order valence-corrected chi connectivity index (χ2v) is 2.51. The molecule has 4 heteroatoms. The molecule has 1 aromatic rings. The van der Waals surface area contributed by atoms with E-state index in [1.165, 1.54) is 0 Å². The van der Waals surface area contributed by atoms with Crippen LogP contribution in [0.3, 0.4) is 0 Å². The van der Waals surface area contributed by atoms with Crippen molar-refractivity contribution >= 4 is 19.4 Å². The molecule has 3 nitrogen and oxygen atoms in total. The number of hydrogen-bond acceptors (Lipinski definition) is 3. The number of hydrogen-bond donors (Lipinski definition) is 1. The van der Waals surface area contributed by atoms with E-state index in [1.54, 1.807) is 0 Å². The van der Waals surface area contributed by atoms with E-state index in [2.05, 4.69) is 11.1 Å². The fourth-order valence-electron chi connectivity index (χ4n) is 1.07. The summed E-state index contributed by atoms with van der Waals surface area (Å²) in [6.07, 6.45) is 2.66. The molecule has 0 aliphatic carbocycles. The zero-order valence-electron chi connectivity index (χ0n) is 6.77. The van der Waals surface area contributed by atoms with Gasteiger partial charge in [0.25, 0.3) is 0 Å². The lowest BCUT2D eigenvalue weighted by Gasteiger charge is -2.19. The van der Waals surface area contributed by atoms with Gasteiger partial charge in [-0.15, -0.1) is 17.7 Å². The van der Waals surface area contributed by atoms with Gasteiger partial charge in [-0.05, 0) is 0 Å². The maximum absolute atomic E-state index is 9.33. The summed E-state index contributed by atoms with van der Waals surface area (Å²) < 4.78 is 4.73. The lowest BCUT2D eigenvalue weighted by Crippen LogP contribution is -2.06. The monoisotopic (exact) mass is 171 g/mol. The van der Waals surface area contributed by atoms with Crippen molar-refractivity contribution in [1.82, 2.24) is 0 Å². The van der Waals surface area contributed by atoms with Gasteiger partial charge < -0.3 is 14.7 Å². The van der Waals surface area contributed by atoms with Gasteiger partial charge in [0, 0.05) is 0 Å². The van der Waals surface area contributed by atoms with Gasteiger partial charge in [0.05, 0.1) is 0 Å². The predicted octanol–water partition coefficient (Wildman–Crippen LogP) is 1.43. The minimum absolute atomic E-state index is 0.166. The normalized spacial score (nSPS) is 15.1. The van der Waals surface area contributed by atoms with Crippen LogP contribution in [0.4, 0.5) is 0 Å². The molecule has 0 bridgehead atoms. The Morgan fingerprint density at radius 3 is 2.77 bits per heavy atom. The topological polar surface area (TPSA) is 41.8 Å². The third kappa shape index (κ3) is 1.56. The van der Waals surface area contributed by atoms with Crippen molar-refractivity contribution < 1.29 is 9.76 Å². The molecule has 0 saturated heterocycles. The third-order valence-corrected chi connectivity index (χ3v) is 1.67. The highest BCUT2D eigenvalue weighted by Crippen LogP contribution is 2.17. The van der Waals surface area contributed by atoms with E-state index < -0.39 is 0 Å². The molecule has 0 spiro atoms. The quantitative estimate of drug-likeness (QED) is 0.512. The molecule has 1 aromatic carbocycles. The van der Waals surface area contributed by atoms with E-state index in [0.717, 1.165) is 13.2 Å². The molecule has 1 heterocycles. The van der Waals surface area contributed by atoms with Gasteiger partial charge in [-0.3, -0.25) is 0 Å². The van der Waals surface area contributed by atoms with Gasteiger partial charge in [0.1, 0.15) is 0 Å². The van der Waals surface area contributed by atoms with E-state index in [9.17, 15) is 5.11 Å². The molecule has 63 valence electrons. The van der Waals surface area contributed by atoms with Crippen LogP contribution in [0.5, 0.6) is 0 Å². The zero-order chi connectivity index (χ0) is 9.10. The number of aliphatic hydroxyl groups excluding tert-OH is 1. The minimum atomic E-state index is -0.166. The summed E-state index contributed by atoms with van der Waals surface area (Å²) in [6, 6.07) is 9.34. The molecule has 0 fully saturated rings. The SMILES string of the molecule is OC1=C(c2ccccc2)[C-]=N[B]O1. The van der Waals surface area contributed by atoms with Crippen molar-refractivity contribution in [3.05, 3.63) is 41.8 Å². The van der Waals surface area contributed by atoms with Crippen LogP contribution < -0.4 is 0 Å². The van der Waals surface area contributed by atoms with Crippen LogP contribution in [-0.2, 0) is 4.65 Å². The Morgan fingerprint density at radius 2 is 2.08 bits per heavy atom. The van der Waals surface area contributed by atoms with Gasteiger partial charge >= 0.3 is 7.62 Å². The van der Waals surface area contributed by atoms with Crippen molar-refractivity contribution in [2.45, 2.75) is 0 Å². The van der Waals surface area contributed by atoms with Crippen LogP contribution >= 0.6 is 0 Å². The van der Waals surface area contributed by atoms with Crippen molar-refractivity contribution in [3.8, 4) is 0 Å². The highest BCUT2D eigenvalue weighted by Gasteiger charge is 2.01. The first-order valence-electron chi connectivity index (χ1n) is 3.81. The summed E-state index contributed by atoms with van der Waals surface area (Å²) in [7, 11) is 1.14. The fraction of sp³-hybridized carbons (Fsp3) is 0. The first-order valence-corrected chi connectivity index (χ1v) is 3.81. The molecule has 0 atom stereocenters. The molecule has 0 amide bonds. The van der Waals surface area contributed by atoms with Gasteiger partial charge in [0.2, 0.25) is 0 Å². The molecule has 1 N–H and O–H groups in total. The average Bonchev–Trinajstić information content (AvgIpc) is 2.20. The molecule has 2 rings (SSSR count). The summed E-state index contributed by atoms with van der Waals surface area (Å²) in [5.74, 6) is -0.166. The number of benzene rings is 1. The van der Waals surface area contributed by atoms with Crippen LogP contribution in [0.25, 0.3) is 5.57 Å². The maximum Gasteiger partial charge on any atom is 0.516 e. The summed E-state index contributed by atoms with van der Waals surface area (Å²) in [6.45, 7) is 0. The maximum atomic E-state index is 9.33. The second-order valence-electron chi connectivity index (χ2n) is 2.51. The standard InChI is InChI=1S/C9H6BNO2/c12-9-8(6-11-10-13-9)7-4-2-1-3-5-7/h1-5,12H/q-1. The van der Waals surface area contributed by atoms with Crippen LogP contribution in [0.1, 0.15) is 5.56 Å².